The molecule has 0 saturated heterocycles. The molecule has 1 N–H and O–H groups in total. The van der Waals surface area contributed by atoms with Crippen molar-refractivity contribution in [3.8, 4) is 0 Å². The largest absolute Gasteiger partial charge is 0.464 e. The summed E-state index contributed by atoms with van der Waals surface area (Å²) in [7, 11) is 1.29. The molecule has 1 aliphatic carbocycles. The molecule has 0 aliphatic heterocycles. The normalized spacial score (nSPS) is 14.5. The highest BCUT2D eigenvalue weighted by molar-refractivity contribution is 5.90. The molecule has 0 bridgehead atoms. The maximum absolute atomic E-state index is 13.1. The maximum atomic E-state index is 13.1. The number of aromatic nitrogens is 1. The Morgan fingerprint density at radius 3 is 2.68 bits per heavy atom. The molecule has 28 heavy (non-hydrogen) atoms. The smallest absolute Gasteiger partial charge is 0.360 e. The number of ether oxygens (including phenoxy) is 1. The summed E-state index contributed by atoms with van der Waals surface area (Å²) in [6.45, 7) is 4.21. The minimum atomic E-state index is -0.557. The van der Waals surface area contributed by atoms with Crippen molar-refractivity contribution in [2.75, 3.05) is 12.4 Å². The van der Waals surface area contributed by atoms with Crippen molar-refractivity contribution in [3.63, 3.8) is 0 Å². The van der Waals surface area contributed by atoms with Crippen molar-refractivity contribution >= 4 is 17.7 Å². The highest BCUT2D eigenvalue weighted by Gasteiger charge is 2.28. The van der Waals surface area contributed by atoms with E-state index in [0.29, 0.717) is 5.89 Å². The first-order valence-electron chi connectivity index (χ1n) is 9.65. The topological polar surface area (TPSA) is 84.7 Å². The van der Waals surface area contributed by atoms with Crippen LogP contribution in [0.15, 0.2) is 28.9 Å². The van der Waals surface area contributed by atoms with Crippen LogP contribution in [0.2, 0.25) is 0 Å². The lowest BCUT2D eigenvalue weighted by Crippen LogP contribution is -2.43. The Labute approximate surface area is 165 Å². The fourth-order valence-corrected chi connectivity index (χ4v) is 3.63. The molecule has 0 spiro atoms. The average Bonchev–Trinajstić information content (AvgIpc) is 3.17. The zero-order valence-corrected chi connectivity index (χ0v) is 16.7. The van der Waals surface area contributed by atoms with E-state index >= 15 is 0 Å². The van der Waals surface area contributed by atoms with Crippen LogP contribution in [0.5, 0.6) is 0 Å². The van der Waals surface area contributed by atoms with Crippen LogP contribution in [0.25, 0.3) is 0 Å². The van der Waals surface area contributed by atoms with E-state index in [-0.39, 0.29) is 24.3 Å². The molecule has 7 nitrogen and oxygen atoms in total. The molecule has 0 radical (unpaired) electrons. The molecule has 1 aromatic heterocycles. The molecule has 2 amide bonds. The molecule has 2 aromatic rings. The van der Waals surface area contributed by atoms with Crippen LogP contribution in [-0.2, 0) is 11.3 Å². The second-order valence-corrected chi connectivity index (χ2v) is 7.29. The van der Waals surface area contributed by atoms with Crippen LogP contribution in [-0.4, -0.2) is 35.0 Å². The SMILES string of the molecule is COC(=O)c1coc(CN(C(=O)Nc2ccc(C)cc2C)C2CCCCC2)n1. The molecule has 1 aliphatic rings. The first kappa shape index (κ1) is 19.9. The predicted octanol–water partition coefficient (Wildman–Crippen LogP) is 4.44. The van der Waals surface area contributed by atoms with Gasteiger partial charge in [-0.2, -0.15) is 0 Å². The monoisotopic (exact) mass is 385 g/mol. The minimum absolute atomic E-state index is 0.107. The van der Waals surface area contributed by atoms with Crippen LogP contribution in [0, 0.1) is 13.8 Å². The summed E-state index contributed by atoms with van der Waals surface area (Å²) in [4.78, 5) is 30.7. The van der Waals surface area contributed by atoms with Gasteiger partial charge in [-0.15, -0.1) is 0 Å². The van der Waals surface area contributed by atoms with Gasteiger partial charge in [-0.25, -0.2) is 14.6 Å². The van der Waals surface area contributed by atoms with Gasteiger partial charge in [0.1, 0.15) is 6.26 Å². The van der Waals surface area contributed by atoms with Gasteiger partial charge in [0, 0.05) is 11.7 Å². The second-order valence-electron chi connectivity index (χ2n) is 7.29. The molecule has 0 unspecified atom stereocenters. The van der Waals surface area contributed by atoms with Gasteiger partial charge in [0.2, 0.25) is 5.89 Å². The summed E-state index contributed by atoms with van der Waals surface area (Å²) < 4.78 is 10.1. The predicted molar refractivity (Wildman–Crippen MR) is 105 cm³/mol. The molecule has 150 valence electrons. The van der Waals surface area contributed by atoms with Gasteiger partial charge in [0.25, 0.3) is 0 Å². The molecule has 1 saturated carbocycles. The third kappa shape index (κ3) is 4.71. The van der Waals surface area contributed by atoms with E-state index in [9.17, 15) is 9.59 Å². The number of carbonyl (C=O) groups is 2. The molecule has 1 aromatic carbocycles. The minimum Gasteiger partial charge on any atom is -0.464 e. The van der Waals surface area contributed by atoms with Crippen molar-refractivity contribution in [3.05, 3.63) is 47.2 Å². The van der Waals surface area contributed by atoms with Crippen LogP contribution >= 0.6 is 0 Å². The van der Waals surface area contributed by atoms with E-state index in [1.807, 2.05) is 32.0 Å². The maximum Gasteiger partial charge on any atom is 0.360 e. The van der Waals surface area contributed by atoms with Crippen LogP contribution in [0.4, 0.5) is 10.5 Å². The summed E-state index contributed by atoms with van der Waals surface area (Å²) in [5.74, 6) is -0.235. The first-order chi connectivity index (χ1) is 13.5. The Bertz CT molecular complexity index is 840. The molecule has 7 heteroatoms. The summed E-state index contributed by atoms with van der Waals surface area (Å²) >= 11 is 0. The standard InChI is InChI=1S/C21H27N3O4/c1-14-9-10-17(15(2)11-14)23-21(26)24(16-7-5-4-6-8-16)12-19-22-18(13-28-19)20(25)27-3/h9-11,13,16H,4-8,12H2,1-3H3,(H,23,26). The van der Waals surface area contributed by atoms with Gasteiger partial charge in [-0.3, -0.25) is 0 Å². The van der Waals surface area contributed by atoms with Gasteiger partial charge >= 0.3 is 12.0 Å². The number of hydrogen-bond donors (Lipinski definition) is 1. The number of oxazole rings is 1. The van der Waals surface area contributed by atoms with Gasteiger partial charge in [-0.1, -0.05) is 37.0 Å². The van der Waals surface area contributed by atoms with Crippen molar-refractivity contribution < 1.29 is 18.7 Å². The number of esters is 1. The number of aryl methyl sites for hydroxylation is 2. The second kappa shape index (κ2) is 8.91. The zero-order chi connectivity index (χ0) is 20.1. The fraction of sp³-hybridized carbons (Fsp3) is 0.476. The van der Waals surface area contributed by atoms with Crippen molar-refractivity contribution in [1.29, 1.82) is 0 Å². The van der Waals surface area contributed by atoms with Gasteiger partial charge in [-0.05, 0) is 38.3 Å². The number of nitrogens with one attached hydrogen (secondary N) is 1. The van der Waals surface area contributed by atoms with Crippen molar-refractivity contribution in [2.24, 2.45) is 0 Å². The van der Waals surface area contributed by atoms with Gasteiger partial charge in [0.15, 0.2) is 5.69 Å². The number of methoxy groups -OCH3 is 1. The fourth-order valence-electron chi connectivity index (χ4n) is 3.63. The average molecular weight is 385 g/mol. The highest BCUT2D eigenvalue weighted by atomic mass is 16.5. The zero-order valence-electron chi connectivity index (χ0n) is 16.7. The third-order valence-electron chi connectivity index (χ3n) is 5.15. The summed E-state index contributed by atoms with van der Waals surface area (Å²) in [6, 6.07) is 5.87. The number of urea groups is 1. The lowest BCUT2D eigenvalue weighted by molar-refractivity contribution is 0.0594. The molecular weight excluding hydrogens is 358 g/mol. The number of carbonyl (C=O) groups excluding carboxylic acids is 2. The van der Waals surface area contributed by atoms with E-state index in [4.69, 9.17) is 4.42 Å². The van der Waals surface area contributed by atoms with E-state index < -0.39 is 5.97 Å². The van der Waals surface area contributed by atoms with E-state index in [2.05, 4.69) is 15.0 Å². The summed E-state index contributed by atoms with van der Waals surface area (Å²) in [5, 5.41) is 3.02. The lowest BCUT2D eigenvalue weighted by atomic mass is 9.94. The number of nitrogens with zero attached hydrogens (tertiary/aromatic N) is 2. The third-order valence-corrected chi connectivity index (χ3v) is 5.15. The van der Waals surface area contributed by atoms with E-state index in [1.165, 1.54) is 19.8 Å². The Morgan fingerprint density at radius 1 is 1.25 bits per heavy atom. The van der Waals surface area contributed by atoms with E-state index in [0.717, 1.165) is 42.5 Å². The number of anilines is 1. The molecule has 1 fully saturated rings. The van der Waals surface area contributed by atoms with Crippen LogP contribution < -0.4 is 5.32 Å². The molecular formula is C21H27N3O4. The Morgan fingerprint density at radius 2 is 2.00 bits per heavy atom. The lowest BCUT2D eigenvalue weighted by Gasteiger charge is -2.33. The Hall–Kier alpha value is -2.83. The molecule has 3 rings (SSSR count). The van der Waals surface area contributed by atoms with Crippen LogP contribution in [0.3, 0.4) is 0 Å². The number of hydrogen-bond acceptors (Lipinski definition) is 5. The Kier molecular flexibility index (Phi) is 6.34. The van der Waals surface area contributed by atoms with Crippen LogP contribution in [0.1, 0.15) is 59.6 Å². The molecule has 0 atom stereocenters. The van der Waals surface area contributed by atoms with E-state index in [1.54, 1.807) is 4.90 Å². The van der Waals surface area contributed by atoms with Crippen molar-refractivity contribution in [2.45, 2.75) is 58.5 Å². The Balaban J connectivity index is 1.78. The summed E-state index contributed by atoms with van der Waals surface area (Å²) in [6.07, 6.45) is 6.54. The quantitative estimate of drug-likeness (QED) is 0.769. The molecule has 1 heterocycles. The van der Waals surface area contributed by atoms with Crippen molar-refractivity contribution in [1.82, 2.24) is 9.88 Å². The van der Waals surface area contributed by atoms with Gasteiger partial charge in [0.05, 0.1) is 13.7 Å². The summed E-state index contributed by atoms with van der Waals surface area (Å²) in [5.41, 5.74) is 3.06. The number of amides is 2. The number of benzene rings is 1. The first-order valence-corrected chi connectivity index (χ1v) is 9.65. The van der Waals surface area contributed by atoms with Gasteiger partial charge < -0.3 is 19.4 Å². The highest BCUT2D eigenvalue weighted by Crippen LogP contribution is 2.25. The number of rotatable bonds is 5.